The second kappa shape index (κ2) is 14.6. The molecule has 0 fully saturated rings. The van der Waals surface area contributed by atoms with E-state index in [1.165, 1.54) is 25.1 Å². The molecule has 1 atom stereocenters. The predicted molar refractivity (Wildman–Crippen MR) is 126 cm³/mol. The molecule has 0 unspecified atom stereocenters. The van der Waals surface area contributed by atoms with Crippen LogP contribution in [0.5, 0.6) is 5.75 Å². The molecule has 0 heterocycles. The van der Waals surface area contributed by atoms with E-state index in [1.54, 1.807) is 60.7 Å². The highest BCUT2D eigenvalue weighted by Gasteiger charge is 2.19. The molecule has 0 radical (unpaired) electrons. The quantitative estimate of drug-likeness (QED) is 0.186. The largest absolute Gasteiger partial charge is 0.506 e. The number of phenolic OH excluding ortho intramolecular Hbond substituents is 1. The van der Waals surface area contributed by atoms with Crippen LogP contribution in [0.3, 0.4) is 0 Å². The van der Waals surface area contributed by atoms with Crippen LogP contribution in [0.4, 0.5) is 5.69 Å². The minimum Gasteiger partial charge on any atom is -0.506 e. The molecule has 0 bridgehead atoms. The number of anilines is 1. The van der Waals surface area contributed by atoms with Gasteiger partial charge < -0.3 is 26.6 Å². The van der Waals surface area contributed by atoms with Gasteiger partial charge in [-0.15, -0.1) is 0 Å². The summed E-state index contributed by atoms with van der Waals surface area (Å²) < 4.78 is 0. The Morgan fingerprint density at radius 2 is 1.61 bits per heavy atom. The number of hydrogen-bond acceptors (Lipinski definition) is 5. The maximum absolute atomic E-state index is 11.7. The summed E-state index contributed by atoms with van der Waals surface area (Å²) >= 11 is 0. The lowest BCUT2D eigenvalue weighted by Crippen LogP contribution is -2.40. The molecule has 9 nitrogen and oxygen atoms in total. The highest BCUT2D eigenvalue weighted by molar-refractivity contribution is 5.93. The molecule has 3 amide bonds. The van der Waals surface area contributed by atoms with Gasteiger partial charge in [0.25, 0.3) is 0 Å². The number of carbonyl (C=O) groups is 4. The summed E-state index contributed by atoms with van der Waals surface area (Å²) in [5.41, 5.74) is 5.98. The molecular weight excluding hydrogens is 426 g/mol. The molecule has 1 rings (SSSR count). The fourth-order valence-corrected chi connectivity index (χ4v) is 2.46. The number of aliphatic carboxylic acids is 1. The number of allylic oxidation sites excluding steroid dienone is 8. The Morgan fingerprint density at radius 1 is 1.00 bits per heavy atom. The Morgan fingerprint density at radius 3 is 2.18 bits per heavy atom. The zero-order chi connectivity index (χ0) is 24.6. The molecular formula is C24H27N3O6. The summed E-state index contributed by atoms with van der Waals surface area (Å²) in [7, 11) is 0. The molecule has 174 valence electrons. The number of primary amides is 1. The number of carbonyl (C=O) groups excluding carboxylic acids is 3. The van der Waals surface area contributed by atoms with Crippen molar-refractivity contribution in [2.24, 2.45) is 5.73 Å². The standard InChI is InChI=1S/C24H27N3O6/c1-17(28)26-23-18(12-10-13-20(23)29)11-8-6-4-2-3-5-7-9-14-22(31)27-19(24(32)33)15-16-21(25)30/h2-14,19,29H,15-16H2,1H3,(H2,25,30)(H,26,28)(H,27,31)(H,32,33)/t19-/m0/s1. The number of aromatic hydroxyl groups is 1. The van der Waals surface area contributed by atoms with Crippen molar-refractivity contribution in [3.63, 3.8) is 0 Å². The summed E-state index contributed by atoms with van der Waals surface area (Å²) in [6, 6.07) is 3.73. The number of hydrogen-bond donors (Lipinski definition) is 5. The van der Waals surface area contributed by atoms with Crippen LogP contribution in [-0.4, -0.2) is 39.9 Å². The highest BCUT2D eigenvalue weighted by Crippen LogP contribution is 2.28. The van der Waals surface area contributed by atoms with Crippen LogP contribution >= 0.6 is 0 Å². The number of benzene rings is 1. The van der Waals surface area contributed by atoms with Gasteiger partial charge in [-0.25, -0.2) is 4.79 Å². The van der Waals surface area contributed by atoms with Crippen LogP contribution in [0.2, 0.25) is 0 Å². The smallest absolute Gasteiger partial charge is 0.326 e. The third-order valence-electron chi connectivity index (χ3n) is 3.97. The summed E-state index contributed by atoms with van der Waals surface area (Å²) in [5, 5.41) is 23.8. The van der Waals surface area contributed by atoms with Gasteiger partial charge in [-0.1, -0.05) is 66.8 Å². The lowest BCUT2D eigenvalue weighted by molar-refractivity contribution is -0.141. The fourth-order valence-electron chi connectivity index (χ4n) is 2.46. The monoisotopic (exact) mass is 453 g/mol. The van der Waals surface area contributed by atoms with Crippen LogP contribution in [0.1, 0.15) is 25.3 Å². The van der Waals surface area contributed by atoms with Gasteiger partial charge in [-0.3, -0.25) is 14.4 Å². The van der Waals surface area contributed by atoms with Crippen LogP contribution < -0.4 is 16.4 Å². The summed E-state index contributed by atoms with van der Waals surface area (Å²) in [5.74, 6) is -2.79. The van der Waals surface area contributed by atoms with E-state index in [4.69, 9.17) is 10.8 Å². The Kier molecular flexibility index (Phi) is 11.8. The van der Waals surface area contributed by atoms with Gasteiger partial charge in [0, 0.05) is 25.0 Å². The fraction of sp³-hybridized carbons (Fsp3) is 0.167. The van der Waals surface area contributed by atoms with Crippen molar-refractivity contribution < 1.29 is 29.4 Å². The number of nitrogens with one attached hydrogen (secondary N) is 2. The SMILES string of the molecule is CC(=O)Nc1c(O)cccc1C=CC=CC=CC=CC=CC(=O)N[C@@H](CCC(N)=O)C(=O)O. The maximum atomic E-state index is 11.7. The molecule has 0 aliphatic heterocycles. The van der Waals surface area contributed by atoms with Crippen molar-refractivity contribution in [1.82, 2.24) is 5.32 Å². The molecule has 0 saturated heterocycles. The lowest BCUT2D eigenvalue weighted by Gasteiger charge is -2.11. The molecule has 0 aliphatic rings. The first-order valence-corrected chi connectivity index (χ1v) is 9.96. The zero-order valence-electron chi connectivity index (χ0n) is 18.1. The van der Waals surface area contributed by atoms with Crippen LogP contribution in [0.15, 0.2) is 72.9 Å². The van der Waals surface area contributed by atoms with E-state index in [0.717, 1.165) is 0 Å². The second-order valence-electron chi connectivity index (χ2n) is 6.70. The van der Waals surface area contributed by atoms with Crippen LogP contribution in [0.25, 0.3) is 6.08 Å². The zero-order valence-corrected chi connectivity index (χ0v) is 18.1. The molecule has 0 spiro atoms. The van der Waals surface area contributed by atoms with Gasteiger partial charge in [0.2, 0.25) is 17.7 Å². The molecule has 0 saturated carbocycles. The van der Waals surface area contributed by atoms with Crippen molar-refractivity contribution in [2.75, 3.05) is 5.32 Å². The van der Waals surface area contributed by atoms with E-state index in [-0.39, 0.29) is 24.5 Å². The molecule has 0 aromatic heterocycles. The van der Waals surface area contributed by atoms with Crippen LogP contribution in [0, 0.1) is 0 Å². The Balaban J connectivity index is 2.52. The third kappa shape index (κ3) is 11.5. The van der Waals surface area contributed by atoms with Gasteiger partial charge >= 0.3 is 5.97 Å². The first kappa shape index (κ1) is 26.6. The Hall–Kier alpha value is -4.40. The minimum atomic E-state index is -1.24. The van der Waals surface area contributed by atoms with Gasteiger partial charge in [0.05, 0.1) is 5.69 Å². The van der Waals surface area contributed by atoms with Crippen molar-refractivity contribution in [1.29, 1.82) is 0 Å². The first-order valence-electron chi connectivity index (χ1n) is 9.96. The average molecular weight is 453 g/mol. The van der Waals surface area contributed by atoms with E-state index in [1.807, 2.05) is 0 Å². The van der Waals surface area contributed by atoms with Crippen LogP contribution in [-0.2, 0) is 19.2 Å². The second-order valence-corrected chi connectivity index (χ2v) is 6.70. The maximum Gasteiger partial charge on any atom is 0.326 e. The number of rotatable bonds is 12. The Bertz CT molecular complexity index is 1010. The highest BCUT2D eigenvalue weighted by atomic mass is 16.4. The van der Waals surface area contributed by atoms with Gasteiger partial charge in [-0.05, 0) is 12.5 Å². The van der Waals surface area contributed by atoms with Crippen molar-refractivity contribution >= 4 is 35.5 Å². The lowest BCUT2D eigenvalue weighted by atomic mass is 10.1. The van der Waals surface area contributed by atoms with Crippen molar-refractivity contribution in [3.05, 3.63) is 78.4 Å². The summed E-state index contributed by atoms with van der Waals surface area (Å²) in [4.78, 5) is 44.8. The molecule has 6 N–H and O–H groups in total. The molecule has 33 heavy (non-hydrogen) atoms. The van der Waals surface area contributed by atoms with E-state index in [0.29, 0.717) is 11.3 Å². The normalized spacial score (nSPS) is 12.8. The number of amides is 3. The number of nitrogens with two attached hydrogens (primary N) is 1. The van der Waals surface area contributed by atoms with Crippen molar-refractivity contribution in [2.45, 2.75) is 25.8 Å². The average Bonchev–Trinajstić information content (AvgIpc) is 2.74. The molecule has 1 aromatic rings. The summed E-state index contributed by atoms with van der Waals surface area (Å²) in [6.07, 6.45) is 16.1. The minimum absolute atomic E-state index is 0.0211. The van der Waals surface area contributed by atoms with Gasteiger partial charge in [0.15, 0.2) is 0 Å². The van der Waals surface area contributed by atoms with E-state index in [2.05, 4.69) is 10.6 Å². The summed E-state index contributed by atoms with van der Waals surface area (Å²) in [6.45, 7) is 1.36. The number of para-hydroxylation sites is 1. The predicted octanol–water partition coefficient (Wildman–Crippen LogP) is 2.42. The van der Waals surface area contributed by atoms with Crippen molar-refractivity contribution in [3.8, 4) is 5.75 Å². The first-order chi connectivity index (χ1) is 15.7. The van der Waals surface area contributed by atoms with E-state index in [9.17, 15) is 24.3 Å². The molecule has 1 aromatic carbocycles. The number of phenols is 1. The molecule has 0 aliphatic carbocycles. The van der Waals surface area contributed by atoms with E-state index < -0.39 is 23.8 Å². The molecule has 9 heteroatoms. The number of carboxylic acids is 1. The topological polar surface area (TPSA) is 159 Å². The number of carboxylic acid groups (broad SMARTS) is 1. The van der Waals surface area contributed by atoms with Gasteiger partial charge in [0.1, 0.15) is 11.8 Å². The Labute approximate surface area is 191 Å². The van der Waals surface area contributed by atoms with Gasteiger partial charge in [-0.2, -0.15) is 0 Å². The van der Waals surface area contributed by atoms with E-state index >= 15 is 0 Å². The third-order valence-corrected chi connectivity index (χ3v) is 3.97.